The molecule has 2 nitrogen and oxygen atoms in total. The molecule has 0 aromatic rings. The number of carbonyl (C=O) groups excluding carboxylic acids is 1. The molecule has 0 fully saturated rings. The van der Waals surface area contributed by atoms with E-state index in [4.69, 9.17) is 16.3 Å². The Morgan fingerprint density at radius 1 is 1.06 bits per heavy atom. The molecule has 0 aliphatic rings. The van der Waals surface area contributed by atoms with Gasteiger partial charge >= 0.3 is 5.97 Å². The zero-order valence-electron chi connectivity index (χ0n) is 11.3. The minimum atomic E-state index is -0.170. The number of ether oxygens (including phenoxy) is 1. The van der Waals surface area contributed by atoms with Crippen molar-refractivity contribution in [2.45, 2.75) is 77.0 Å². The molecule has 0 saturated heterocycles. The number of rotatable bonds is 11. The van der Waals surface area contributed by atoms with Crippen molar-refractivity contribution in [2.24, 2.45) is 0 Å². The largest absolute Gasteiger partial charge is 0.466 e. The van der Waals surface area contributed by atoms with Crippen LogP contribution in [0.25, 0.3) is 0 Å². The van der Waals surface area contributed by atoms with Gasteiger partial charge in [0.15, 0.2) is 0 Å². The number of hydrogen-bond donors (Lipinski definition) is 0. The number of carbonyl (C=O) groups is 1. The van der Waals surface area contributed by atoms with Crippen LogP contribution in [0.15, 0.2) is 0 Å². The van der Waals surface area contributed by atoms with E-state index in [9.17, 15) is 4.79 Å². The summed E-state index contributed by atoms with van der Waals surface area (Å²) in [4.78, 5) is 10.5. The highest BCUT2D eigenvalue weighted by molar-refractivity contribution is 6.20. The van der Waals surface area contributed by atoms with E-state index < -0.39 is 0 Å². The molecule has 0 aromatic carbocycles. The maximum absolute atomic E-state index is 10.5. The molecular weight excluding hydrogens is 236 g/mol. The Morgan fingerprint density at radius 2 is 1.59 bits per heavy atom. The van der Waals surface area contributed by atoms with E-state index in [0.717, 1.165) is 19.3 Å². The van der Waals surface area contributed by atoms with E-state index in [1.54, 1.807) is 0 Å². The zero-order valence-corrected chi connectivity index (χ0v) is 12.1. The lowest BCUT2D eigenvalue weighted by molar-refractivity contribution is -0.141. The second kappa shape index (κ2) is 12.2. The quantitative estimate of drug-likeness (QED) is 0.307. The Labute approximate surface area is 111 Å². The zero-order chi connectivity index (χ0) is 12.9. The summed E-state index contributed by atoms with van der Waals surface area (Å²) >= 11 is 6.05. The van der Waals surface area contributed by atoms with Gasteiger partial charge in [0, 0.05) is 12.3 Å². The number of hydrogen-bond acceptors (Lipinski definition) is 2. The van der Waals surface area contributed by atoms with Crippen molar-refractivity contribution in [1.82, 2.24) is 0 Å². The van der Waals surface area contributed by atoms with Gasteiger partial charge in [-0.1, -0.05) is 45.4 Å². The van der Waals surface area contributed by atoms with Crippen LogP contribution < -0.4 is 0 Å². The molecule has 3 heteroatoms. The minimum Gasteiger partial charge on any atom is -0.466 e. The van der Waals surface area contributed by atoms with Gasteiger partial charge in [0.05, 0.1) is 6.61 Å². The molecule has 0 spiro atoms. The topological polar surface area (TPSA) is 26.3 Å². The Morgan fingerprint density at radius 3 is 2.12 bits per heavy atom. The standard InChI is InChI=1S/C14H27ClO2/c1-3-14(15)11-9-7-5-4-6-8-10-12-17-13(2)16/h14H,3-12H2,1-2H3. The Balaban J connectivity index is 3.01. The van der Waals surface area contributed by atoms with Gasteiger partial charge in [-0.05, 0) is 19.3 Å². The van der Waals surface area contributed by atoms with Crippen molar-refractivity contribution in [2.75, 3.05) is 6.61 Å². The maximum Gasteiger partial charge on any atom is 0.302 e. The summed E-state index contributed by atoms with van der Waals surface area (Å²) in [5.41, 5.74) is 0. The molecule has 102 valence electrons. The van der Waals surface area contributed by atoms with E-state index in [1.807, 2.05) is 0 Å². The van der Waals surface area contributed by atoms with Crippen LogP contribution >= 0.6 is 11.6 Å². The third kappa shape index (κ3) is 13.7. The third-order valence-electron chi connectivity index (χ3n) is 2.91. The number of alkyl halides is 1. The molecule has 0 bridgehead atoms. The van der Waals surface area contributed by atoms with Gasteiger partial charge in [-0.25, -0.2) is 0 Å². The van der Waals surface area contributed by atoms with Gasteiger partial charge in [-0.2, -0.15) is 0 Å². The fraction of sp³-hybridized carbons (Fsp3) is 0.929. The maximum atomic E-state index is 10.5. The molecular formula is C14H27ClO2. The molecule has 0 heterocycles. The molecule has 0 aromatic heterocycles. The van der Waals surface area contributed by atoms with E-state index in [0.29, 0.717) is 12.0 Å². The Bertz CT molecular complexity index is 183. The average molecular weight is 263 g/mol. The monoisotopic (exact) mass is 262 g/mol. The first-order valence-electron chi connectivity index (χ1n) is 6.94. The van der Waals surface area contributed by atoms with Crippen LogP contribution in [-0.4, -0.2) is 18.0 Å². The second-order valence-corrected chi connectivity index (χ2v) is 5.23. The normalized spacial score (nSPS) is 12.4. The predicted molar refractivity (Wildman–Crippen MR) is 73.5 cm³/mol. The lowest BCUT2D eigenvalue weighted by atomic mass is 10.1. The summed E-state index contributed by atoms with van der Waals surface area (Å²) in [5, 5.41) is 0.374. The third-order valence-corrected chi connectivity index (χ3v) is 3.44. The fourth-order valence-electron chi connectivity index (χ4n) is 1.77. The Kier molecular flexibility index (Phi) is 12.1. The summed E-state index contributed by atoms with van der Waals surface area (Å²) in [6, 6.07) is 0. The van der Waals surface area contributed by atoms with Gasteiger partial charge in [0.2, 0.25) is 0 Å². The van der Waals surface area contributed by atoms with Gasteiger partial charge in [0.1, 0.15) is 0 Å². The highest BCUT2D eigenvalue weighted by Gasteiger charge is 2.00. The molecule has 17 heavy (non-hydrogen) atoms. The molecule has 0 radical (unpaired) electrons. The van der Waals surface area contributed by atoms with E-state index in [-0.39, 0.29) is 5.97 Å². The molecule has 0 rings (SSSR count). The number of esters is 1. The van der Waals surface area contributed by atoms with Crippen molar-refractivity contribution in [1.29, 1.82) is 0 Å². The molecule has 0 amide bonds. The molecule has 1 unspecified atom stereocenters. The van der Waals surface area contributed by atoms with Crippen molar-refractivity contribution >= 4 is 17.6 Å². The van der Waals surface area contributed by atoms with Gasteiger partial charge in [-0.15, -0.1) is 11.6 Å². The molecule has 0 saturated carbocycles. The van der Waals surface area contributed by atoms with Crippen LogP contribution in [0.2, 0.25) is 0 Å². The van der Waals surface area contributed by atoms with Crippen molar-refractivity contribution in [3.63, 3.8) is 0 Å². The SMILES string of the molecule is CCC(Cl)CCCCCCCCCOC(C)=O. The van der Waals surface area contributed by atoms with Crippen molar-refractivity contribution < 1.29 is 9.53 Å². The summed E-state index contributed by atoms with van der Waals surface area (Å²) in [6.07, 6.45) is 10.8. The second-order valence-electron chi connectivity index (χ2n) is 4.61. The van der Waals surface area contributed by atoms with Crippen molar-refractivity contribution in [3.05, 3.63) is 0 Å². The van der Waals surface area contributed by atoms with Gasteiger partial charge in [0.25, 0.3) is 0 Å². The minimum absolute atomic E-state index is 0.170. The smallest absolute Gasteiger partial charge is 0.302 e. The first kappa shape index (κ1) is 16.8. The summed E-state index contributed by atoms with van der Waals surface area (Å²) in [6.45, 7) is 4.18. The van der Waals surface area contributed by atoms with Crippen LogP contribution in [-0.2, 0) is 9.53 Å². The summed E-state index contributed by atoms with van der Waals surface area (Å²) < 4.78 is 4.87. The van der Waals surface area contributed by atoms with Crippen molar-refractivity contribution in [3.8, 4) is 0 Å². The lowest BCUT2D eigenvalue weighted by Gasteiger charge is -2.05. The fourth-order valence-corrected chi connectivity index (χ4v) is 1.93. The Hall–Kier alpha value is -0.240. The van der Waals surface area contributed by atoms with E-state index in [2.05, 4.69) is 6.92 Å². The average Bonchev–Trinajstić information content (AvgIpc) is 2.30. The molecule has 1 atom stereocenters. The van der Waals surface area contributed by atoms with Crippen LogP contribution in [0.4, 0.5) is 0 Å². The van der Waals surface area contributed by atoms with E-state index in [1.165, 1.54) is 45.4 Å². The summed E-state index contributed by atoms with van der Waals surface area (Å²) in [5.74, 6) is -0.170. The van der Waals surface area contributed by atoms with Crippen LogP contribution in [0.3, 0.4) is 0 Å². The number of halogens is 1. The first-order chi connectivity index (χ1) is 8.16. The van der Waals surface area contributed by atoms with Gasteiger partial charge < -0.3 is 4.74 Å². The van der Waals surface area contributed by atoms with Crippen LogP contribution in [0.5, 0.6) is 0 Å². The summed E-state index contributed by atoms with van der Waals surface area (Å²) in [7, 11) is 0. The van der Waals surface area contributed by atoms with Gasteiger partial charge in [-0.3, -0.25) is 4.79 Å². The van der Waals surface area contributed by atoms with E-state index >= 15 is 0 Å². The molecule has 0 aliphatic carbocycles. The first-order valence-corrected chi connectivity index (χ1v) is 7.38. The van der Waals surface area contributed by atoms with Crippen LogP contribution in [0, 0.1) is 0 Å². The molecule has 0 N–H and O–H groups in total. The lowest BCUT2D eigenvalue weighted by Crippen LogP contribution is -2.00. The highest BCUT2D eigenvalue weighted by Crippen LogP contribution is 2.14. The number of unbranched alkanes of at least 4 members (excludes halogenated alkanes) is 6. The molecule has 0 aliphatic heterocycles. The highest BCUT2D eigenvalue weighted by atomic mass is 35.5. The van der Waals surface area contributed by atoms with Crippen LogP contribution in [0.1, 0.15) is 71.6 Å². The predicted octanol–water partition coefficient (Wildman–Crippen LogP) is 4.69.